The lowest BCUT2D eigenvalue weighted by atomic mass is 9.73. The molecule has 1 aliphatic rings. The average Bonchev–Trinajstić information content (AvgIpc) is 2.77. The number of nitrogens with zero attached hydrogens (tertiary/aromatic N) is 2. The van der Waals surface area contributed by atoms with Crippen LogP contribution in [0.5, 0.6) is 0 Å². The molecule has 1 heterocycles. The Morgan fingerprint density at radius 2 is 2.06 bits per heavy atom. The van der Waals surface area contributed by atoms with Crippen molar-refractivity contribution in [2.75, 3.05) is 0 Å². The van der Waals surface area contributed by atoms with Crippen molar-refractivity contribution in [3.05, 3.63) is 11.7 Å². The minimum atomic E-state index is -0.115. The minimum Gasteiger partial charge on any atom is -0.338 e. The van der Waals surface area contributed by atoms with Gasteiger partial charge in [0.05, 0.1) is 6.04 Å². The van der Waals surface area contributed by atoms with Gasteiger partial charge in [0.25, 0.3) is 0 Å². The van der Waals surface area contributed by atoms with Crippen molar-refractivity contribution >= 4 is 0 Å². The molecule has 0 aromatic carbocycles. The normalized spacial score (nSPS) is 22.6. The summed E-state index contributed by atoms with van der Waals surface area (Å²) in [6, 6.07) is -0.115. The molecule has 0 radical (unpaired) electrons. The fourth-order valence-electron chi connectivity index (χ4n) is 2.40. The second-order valence-electron chi connectivity index (χ2n) is 5.94. The third-order valence-electron chi connectivity index (χ3n) is 3.92. The quantitative estimate of drug-likeness (QED) is 0.877. The molecule has 0 amide bonds. The van der Waals surface area contributed by atoms with E-state index in [1.54, 1.807) is 0 Å². The van der Waals surface area contributed by atoms with Gasteiger partial charge in [0.2, 0.25) is 5.89 Å². The minimum absolute atomic E-state index is 0.115. The molecule has 0 unspecified atom stereocenters. The first-order chi connectivity index (χ1) is 8.02. The topological polar surface area (TPSA) is 64.9 Å². The van der Waals surface area contributed by atoms with Gasteiger partial charge in [-0.05, 0) is 37.5 Å². The van der Waals surface area contributed by atoms with Gasteiger partial charge in [0.1, 0.15) is 0 Å². The zero-order valence-electron chi connectivity index (χ0n) is 11.1. The molecule has 0 bridgehead atoms. The van der Waals surface area contributed by atoms with E-state index in [9.17, 15) is 0 Å². The van der Waals surface area contributed by atoms with Crippen LogP contribution in [0.2, 0.25) is 0 Å². The summed E-state index contributed by atoms with van der Waals surface area (Å²) in [7, 11) is 0. The van der Waals surface area contributed by atoms with Crippen molar-refractivity contribution in [1.82, 2.24) is 10.1 Å². The fraction of sp³-hybridized carbons (Fsp3) is 0.846. The maximum atomic E-state index is 5.88. The predicted octanol–water partition coefficient (Wildman–Crippen LogP) is 3.16. The van der Waals surface area contributed by atoms with E-state index >= 15 is 0 Å². The Labute approximate surface area is 103 Å². The van der Waals surface area contributed by atoms with Gasteiger partial charge in [0.15, 0.2) is 5.82 Å². The Morgan fingerprint density at radius 1 is 1.41 bits per heavy atom. The first kappa shape index (κ1) is 12.6. The standard InChI is InChI=1S/C13H23N3O/c1-4-10(14)12-15-11(16-17-12)9-5-7-13(2,3)8-6-9/h9-10H,4-8,14H2,1-3H3/t10-/m0/s1. The molecule has 1 aromatic rings. The highest BCUT2D eigenvalue weighted by atomic mass is 16.5. The van der Waals surface area contributed by atoms with Crippen LogP contribution < -0.4 is 5.73 Å². The van der Waals surface area contributed by atoms with E-state index in [0.29, 0.717) is 17.2 Å². The van der Waals surface area contributed by atoms with Gasteiger partial charge in [0, 0.05) is 5.92 Å². The highest BCUT2D eigenvalue weighted by Gasteiger charge is 2.30. The van der Waals surface area contributed by atoms with E-state index in [0.717, 1.165) is 25.1 Å². The summed E-state index contributed by atoms with van der Waals surface area (Å²) < 4.78 is 5.24. The second kappa shape index (κ2) is 4.77. The number of rotatable bonds is 3. The lowest BCUT2D eigenvalue weighted by Crippen LogP contribution is -2.20. The van der Waals surface area contributed by atoms with Crippen LogP contribution in [0.3, 0.4) is 0 Å². The molecular weight excluding hydrogens is 214 g/mol. The molecule has 1 aromatic heterocycles. The van der Waals surface area contributed by atoms with E-state index < -0.39 is 0 Å². The first-order valence-corrected chi connectivity index (χ1v) is 6.61. The van der Waals surface area contributed by atoms with Gasteiger partial charge in [-0.1, -0.05) is 25.9 Å². The lowest BCUT2D eigenvalue weighted by Gasteiger charge is -2.32. The van der Waals surface area contributed by atoms with E-state index in [1.165, 1.54) is 12.8 Å². The molecule has 4 heteroatoms. The van der Waals surface area contributed by atoms with E-state index in [4.69, 9.17) is 10.3 Å². The Bertz CT molecular complexity index is 362. The van der Waals surface area contributed by atoms with E-state index in [-0.39, 0.29) is 6.04 Å². The maximum absolute atomic E-state index is 5.88. The van der Waals surface area contributed by atoms with E-state index in [1.807, 2.05) is 6.92 Å². The van der Waals surface area contributed by atoms with Crippen LogP contribution in [0, 0.1) is 5.41 Å². The molecule has 17 heavy (non-hydrogen) atoms. The third-order valence-corrected chi connectivity index (χ3v) is 3.92. The predicted molar refractivity (Wildman–Crippen MR) is 66.5 cm³/mol. The molecule has 1 atom stereocenters. The van der Waals surface area contributed by atoms with Crippen molar-refractivity contribution in [2.24, 2.45) is 11.1 Å². The molecule has 2 N–H and O–H groups in total. The average molecular weight is 237 g/mol. The van der Waals surface area contributed by atoms with Gasteiger partial charge in [-0.3, -0.25) is 0 Å². The zero-order valence-corrected chi connectivity index (χ0v) is 11.1. The van der Waals surface area contributed by atoms with Crippen LogP contribution in [-0.4, -0.2) is 10.1 Å². The molecule has 1 aliphatic carbocycles. The van der Waals surface area contributed by atoms with Crippen LogP contribution in [0.1, 0.15) is 76.6 Å². The number of nitrogens with two attached hydrogens (primary N) is 1. The van der Waals surface area contributed by atoms with Crippen LogP contribution in [0.15, 0.2) is 4.52 Å². The van der Waals surface area contributed by atoms with Gasteiger partial charge in [-0.25, -0.2) is 0 Å². The van der Waals surface area contributed by atoms with E-state index in [2.05, 4.69) is 24.0 Å². The second-order valence-corrected chi connectivity index (χ2v) is 5.94. The molecule has 1 fully saturated rings. The monoisotopic (exact) mass is 237 g/mol. The van der Waals surface area contributed by atoms with Crippen LogP contribution in [0.4, 0.5) is 0 Å². The largest absolute Gasteiger partial charge is 0.338 e. The number of aromatic nitrogens is 2. The smallest absolute Gasteiger partial charge is 0.243 e. The van der Waals surface area contributed by atoms with Crippen molar-refractivity contribution in [3.63, 3.8) is 0 Å². The van der Waals surface area contributed by atoms with Crippen LogP contribution in [-0.2, 0) is 0 Å². The Hall–Kier alpha value is -0.900. The summed E-state index contributed by atoms with van der Waals surface area (Å²) >= 11 is 0. The third kappa shape index (κ3) is 2.86. The van der Waals surface area contributed by atoms with Crippen LogP contribution >= 0.6 is 0 Å². The number of hydrogen-bond donors (Lipinski definition) is 1. The molecule has 0 spiro atoms. The summed E-state index contributed by atoms with van der Waals surface area (Å²) in [6.45, 7) is 6.69. The van der Waals surface area contributed by atoms with Gasteiger partial charge in [-0.2, -0.15) is 4.98 Å². The fourth-order valence-corrected chi connectivity index (χ4v) is 2.40. The van der Waals surface area contributed by atoms with Crippen molar-refractivity contribution < 1.29 is 4.52 Å². The molecule has 4 nitrogen and oxygen atoms in total. The molecular formula is C13H23N3O. The molecule has 0 aliphatic heterocycles. The molecule has 96 valence electrons. The SMILES string of the molecule is CC[C@H](N)c1nc(C2CCC(C)(C)CC2)no1. The Morgan fingerprint density at radius 3 is 2.65 bits per heavy atom. The first-order valence-electron chi connectivity index (χ1n) is 6.61. The summed E-state index contributed by atoms with van der Waals surface area (Å²) in [4.78, 5) is 4.45. The van der Waals surface area contributed by atoms with Crippen molar-refractivity contribution in [3.8, 4) is 0 Å². The lowest BCUT2D eigenvalue weighted by molar-refractivity contribution is 0.218. The summed E-state index contributed by atoms with van der Waals surface area (Å²) in [5.41, 5.74) is 6.36. The Kier molecular flexibility index (Phi) is 3.52. The number of hydrogen-bond acceptors (Lipinski definition) is 4. The highest BCUT2D eigenvalue weighted by Crippen LogP contribution is 2.41. The van der Waals surface area contributed by atoms with Gasteiger partial charge >= 0.3 is 0 Å². The van der Waals surface area contributed by atoms with Crippen molar-refractivity contribution in [2.45, 2.75) is 64.8 Å². The summed E-state index contributed by atoms with van der Waals surface area (Å²) in [5, 5.41) is 4.09. The van der Waals surface area contributed by atoms with Gasteiger partial charge < -0.3 is 10.3 Å². The highest BCUT2D eigenvalue weighted by molar-refractivity contribution is 5.00. The molecule has 2 rings (SSSR count). The zero-order chi connectivity index (χ0) is 12.5. The Balaban J connectivity index is 2.01. The van der Waals surface area contributed by atoms with Gasteiger partial charge in [-0.15, -0.1) is 0 Å². The summed E-state index contributed by atoms with van der Waals surface area (Å²) in [6.07, 6.45) is 5.63. The van der Waals surface area contributed by atoms with Crippen LogP contribution in [0.25, 0.3) is 0 Å². The maximum Gasteiger partial charge on any atom is 0.243 e. The molecule has 1 saturated carbocycles. The summed E-state index contributed by atoms with van der Waals surface area (Å²) in [5.74, 6) is 1.91. The molecule has 0 saturated heterocycles. The van der Waals surface area contributed by atoms with Crippen molar-refractivity contribution in [1.29, 1.82) is 0 Å².